The molecule has 18 heavy (non-hydrogen) atoms. The Hall–Kier alpha value is -1.63. The second-order valence-electron chi connectivity index (χ2n) is 4.52. The van der Waals surface area contributed by atoms with Crippen molar-refractivity contribution in [3.63, 3.8) is 0 Å². The van der Waals surface area contributed by atoms with E-state index in [0.717, 1.165) is 0 Å². The first-order valence-electron chi connectivity index (χ1n) is 5.96. The summed E-state index contributed by atoms with van der Waals surface area (Å²) < 4.78 is 0. The summed E-state index contributed by atoms with van der Waals surface area (Å²) in [5.41, 5.74) is 0. The summed E-state index contributed by atoms with van der Waals surface area (Å²) >= 11 is 0. The molecule has 1 heterocycles. The van der Waals surface area contributed by atoms with E-state index in [1.807, 2.05) is 32.8 Å². The molecule has 1 aromatic heterocycles. The molecular weight excluding hydrogens is 232 g/mol. The van der Waals surface area contributed by atoms with Gasteiger partial charge < -0.3 is 20.6 Å². The second kappa shape index (κ2) is 6.34. The third-order valence-electron chi connectivity index (χ3n) is 2.75. The fourth-order valence-electron chi connectivity index (χ4n) is 1.25. The number of aliphatic hydroxyl groups excluding tert-OH is 1. The van der Waals surface area contributed by atoms with Crippen molar-refractivity contribution in [2.75, 3.05) is 43.3 Å². The van der Waals surface area contributed by atoms with E-state index in [1.54, 1.807) is 7.05 Å². The van der Waals surface area contributed by atoms with Crippen molar-refractivity contribution >= 4 is 17.8 Å². The third kappa shape index (κ3) is 3.69. The summed E-state index contributed by atoms with van der Waals surface area (Å²) in [6, 6.07) is 0.0807. The van der Waals surface area contributed by atoms with Crippen LogP contribution in [-0.4, -0.2) is 53.9 Å². The molecule has 0 bridgehead atoms. The zero-order valence-corrected chi connectivity index (χ0v) is 11.6. The van der Waals surface area contributed by atoms with E-state index >= 15 is 0 Å². The molecule has 0 aliphatic heterocycles. The Morgan fingerprint density at radius 2 is 1.78 bits per heavy atom. The van der Waals surface area contributed by atoms with Crippen LogP contribution in [0.4, 0.5) is 17.8 Å². The van der Waals surface area contributed by atoms with Crippen molar-refractivity contribution in [2.45, 2.75) is 19.9 Å². The van der Waals surface area contributed by atoms with Crippen LogP contribution < -0.4 is 15.5 Å². The first-order chi connectivity index (χ1) is 8.47. The average Bonchev–Trinajstić information content (AvgIpc) is 2.36. The third-order valence-corrected chi connectivity index (χ3v) is 2.75. The first kappa shape index (κ1) is 14.4. The molecular formula is C11H22N6O. The molecule has 0 aromatic carbocycles. The normalized spacial score (nSPS) is 13.9. The number of hydrogen-bond acceptors (Lipinski definition) is 7. The fraction of sp³-hybridized carbons (Fsp3) is 0.727. The van der Waals surface area contributed by atoms with E-state index in [9.17, 15) is 0 Å². The lowest BCUT2D eigenvalue weighted by Gasteiger charge is -2.20. The Balaban J connectivity index is 2.91. The summed E-state index contributed by atoms with van der Waals surface area (Å²) in [6.07, 6.45) is 0. The molecule has 1 rings (SSSR count). The van der Waals surface area contributed by atoms with Gasteiger partial charge in [0.25, 0.3) is 0 Å². The molecule has 2 unspecified atom stereocenters. The van der Waals surface area contributed by atoms with Crippen LogP contribution in [0.1, 0.15) is 13.8 Å². The van der Waals surface area contributed by atoms with Gasteiger partial charge in [0.1, 0.15) is 0 Å². The van der Waals surface area contributed by atoms with Crippen LogP contribution in [0.15, 0.2) is 0 Å². The van der Waals surface area contributed by atoms with E-state index in [1.165, 1.54) is 0 Å². The average molecular weight is 254 g/mol. The van der Waals surface area contributed by atoms with Crippen LogP contribution in [0.25, 0.3) is 0 Å². The molecule has 0 amide bonds. The van der Waals surface area contributed by atoms with Crippen LogP contribution in [-0.2, 0) is 0 Å². The van der Waals surface area contributed by atoms with Crippen molar-refractivity contribution in [1.29, 1.82) is 0 Å². The Bertz CT molecular complexity index is 384. The van der Waals surface area contributed by atoms with Crippen molar-refractivity contribution in [2.24, 2.45) is 5.92 Å². The van der Waals surface area contributed by atoms with Crippen molar-refractivity contribution in [3.8, 4) is 0 Å². The topological polar surface area (TPSA) is 86.2 Å². The molecule has 0 spiro atoms. The maximum atomic E-state index is 9.11. The van der Waals surface area contributed by atoms with Gasteiger partial charge in [-0.05, 0) is 12.8 Å². The van der Waals surface area contributed by atoms with Gasteiger partial charge >= 0.3 is 0 Å². The summed E-state index contributed by atoms with van der Waals surface area (Å²) in [4.78, 5) is 14.6. The maximum Gasteiger partial charge on any atom is 0.231 e. The van der Waals surface area contributed by atoms with Crippen LogP contribution in [0.2, 0.25) is 0 Å². The molecule has 2 atom stereocenters. The van der Waals surface area contributed by atoms with E-state index in [2.05, 4.69) is 25.6 Å². The van der Waals surface area contributed by atoms with Crippen molar-refractivity contribution in [1.82, 2.24) is 15.0 Å². The highest BCUT2D eigenvalue weighted by Gasteiger charge is 2.14. The van der Waals surface area contributed by atoms with E-state index in [-0.39, 0.29) is 18.6 Å². The number of rotatable bonds is 6. The molecule has 0 saturated heterocycles. The largest absolute Gasteiger partial charge is 0.396 e. The number of aliphatic hydroxyl groups is 1. The molecule has 7 heteroatoms. The molecule has 0 radical (unpaired) electrons. The van der Waals surface area contributed by atoms with Gasteiger partial charge in [-0.2, -0.15) is 15.0 Å². The minimum Gasteiger partial charge on any atom is -0.396 e. The zero-order chi connectivity index (χ0) is 13.7. The predicted octanol–water partition coefficient (Wildman–Crippen LogP) is 0.408. The van der Waals surface area contributed by atoms with Gasteiger partial charge in [-0.3, -0.25) is 0 Å². The number of anilines is 3. The monoisotopic (exact) mass is 254 g/mol. The first-order valence-corrected chi connectivity index (χ1v) is 5.96. The van der Waals surface area contributed by atoms with Gasteiger partial charge in [0.15, 0.2) is 0 Å². The standard InChI is InChI=1S/C11H22N6O/c1-7(6-18)8(2)13-10-14-9(12-3)15-11(16-10)17(4)5/h7-8,18H,6H2,1-5H3,(H2,12,13,14,15,16). The van der Waals surface area contributed by atoms with E-state index in [4.69, 9.17) is 5.11 Å². The molecule has 102 valence electrons. The SMILES string of the molecule is CNc1nc(NC(C)C(C)CO)nc(N(C)C)n1. The van der Waals surface area contributed by atoms with Crippen molar-refractivity contribution in [3.05, 3.63) is 0 Å². The highest BCUT2D eigenvalue weighted by molar-refractivity contribution is 5.43. The number of nitrogens with zero attached hydrogens (tertiary/aromatic N) is 4. The van der Waals surface area contributed by atoms with E-state index in [0.29, 0.717) is 17.8 Å². The molecule has 0 saturated carbocycles. The number of aromatic nitrogens is 3. The lowest BCUT2D eigenvalue weighted by molar-refractivity contribution is 0.226. The smallest absolute Gasteiger partial charge is 0.231 e. The number of hydrogen-bond donors (Lipinski definition) is 3. The van der Waals surface area contributed by atoms with Gasteiger partial charge in [-0.15, -0.1) is 0 Å². The summed E-state index contributed by atoms with van der Waals surface area (Å²) in [5, 5.41) is 15.2. The zero-order valence-electron chi connectivity index (χ0n) is 11.6. The molecule has 1 aromatic rings. The van der Waals surface area contributed by atoms with Gasteiger partial charge in [-0.1, -0.05) is 6.92 Å². The Morgan fingerprint density at radius 3 is 2.28 bits per heavy atom. The molecule has 0 fully saturated rings. The lowest BCUT2D eigenvalue weighted by Crippen LogP contribution is -2.28. The van der Waals surface area contributed by atoms with Crippen LogP contribution in [0.3, 0.4) is 0 Å². The summed E-state index contributed by atoms with van der Waals surface area (Å²) in [6.45, 7) is 4.07. The lowest BCUT2D eigenvalue weighted by atomic mass is 10.1. The Morgan fingerprint density at radius 1 is 1.17 bits per heavy atom. The van der Waals surface area contributed by atoms with Crippen LogP contribution in [0.5, 0.6) is 0 Å². The summed E-state index contributed by atoms with van der Waals surface area (Å²) in [7, 11) is 5.51. The molecule has 0 aliphatic carbocycles. The Labute approximate surface area is 108 Å². The predicted molar refractivity (Wildman–Crippen MR) is 73.0 cm³/mol. The highest BCUT2D eigenvalue weighted by Crippen LogP contribution is 2.13. The Kier molecular flexibility index (Phi) is 5.08. The molecule has 7 nitrogen and oxygen atoms in total. The maximum absolute atomic E-state index is 9.11. The van der Waals surface area contributed by atoms with E-state index < -0.39 is 0 Å². The second-order valence-corrected chi connectivity index (χ2v) is 4.52. The minimum atomic E-state index is 0.0807. The molecule has 0 aliphatic rings. The van der Waals surface area contributed by atoms with Gasteiger partial charge in [0.05, 0.1) is 0 Å². The number of nitrogens with one attached hydrogen (secondary N) is 2. The van der Waals surface area contributed by atoms with Crippen molar-refractivity contribution < 1.29 is 5.11 Å². The molecule has 3 N–H and O–H groups in total. The van der Waals surface area contributed by atoms with Gasteiger partial charge in [-0.25, -0.2) is 0 Å². The van der Waals surface area contributed by atoms with Crippen LogP contribution >= 0.6 is 0 Å². The highest BCUT2D eigenvalue weighted by atomic mass is 16.3. The fourth-order valence-corrected chi connectivity index (χ4v) is 1.25. The minimum absolute atomic E-state index is 0.0807. The van der Waals surface area contributed by atoms with Gasteiger partial charge in [0, 0.05) is 33.8 Å². The van der Waals surface area contributed by atoms with Crippen LogP contribution in [0, 0.1) is 5.92 Å². The van der Waals surface area contributed by atoms with Gasteiger partial charge in [0.2, 0.25) is 17.8 Å². The quantitative estimate of drug-likeness (QED) is 0.677. The summed E-state index contributed by atoms with van der Waals surface area (Å²) in [5.74, 6) is 1.73.